The van der Waals surface area contributed by atoms with E-state index >= 15 is 0 Å². The van der Waals surface area contributed by atoms with Crippen LogP contribution < -0.4 is 10.6 Å². The normalized spacial score (nSPS) is 12.1. The molecule has 2 amide bonds. The number of rotatable bonds is 4. The number of imidazole rings is 1. The molecule has 0 spiro atoms. The zero-order valence-electron chi connectivity index (χ0n) is 10.9. The second-order valence-corrected chi connectivity index (χ2v) is 4.16. The third-order valence-corrected chi connectivity index (χ3v) is 2.93. The van der Waals surface area contributed by atoms with Crippen molar-refractivity contribution in [3.05, 3.63) is 36.3 Å². The number of aromatic nitrogens is 2. The molecule has 0 aliphatic carbocycles. The number of nitrogens with one attached hydrogen (secondary N) is 2. The molecule has 0 saturated heterocycles. The van der Waals surface area contributed by atoms with E-state index in [1.165, 1.54) is 0 Å². The predicted octanol–water partition coefficient (Wildman–Crippen LogP) is 0.589. The van der Waals surface area contributed by atoms with Gasteiger partial charge in [-0.3, -0.25) is 9.59 Å². The molecular weight excluding hydrogens is 244 g/mol. The van der Waals surface area contributed by atoms with E-state index in [0.717, 1.165) is 5.65 Å². The van der Waals surface area contributed by atoms with Crippen LogP contribution in [0.5, 0.6) is 0 Å². The average molecular weight is 260 g/mol. The average Bonchev–Trinajstić information content (AvgIpc) is 2.90. The predicted molar refractivity (Wildman–Crippen MR) is 70.8 cm³/mol. The minimum absolute atomic E-state index is 0.195. The lowest BCUT2D eigenvalue weighted by molar-refractivity contribution is -0.122. The van der Waals surface area contributed by atoms with Gasteiger partial charge in [-0.25, -0.2) is 4.98 Å². The molecule has 0 aromatic carbocycles. The van der Waals surface area contributed by atoms with Crippen molar-refractivity contribution in [2.24, 2.45) is 0 Å². The van der Waals surface area contributed by atoms with Gasteiger partial charge in [0.25, 0.3) is 5.91 Å². The van der Waals surface area contributed by atoms with Crippen molar-refractivity contribution >= 4 is 17.5 Å². The summed E-state index contributed by atoms with van der Waals surface area (Å²) in [6.45, 7) is 1.85. The van der Waals surface area contributed by atoms with Crippen molar-refractivity contribution in [2.75, 3.05) is 7.05 Å². The lowest BCUT2D eigenvalue weighted by Crippen LogP contribution is -2.45. The summed E-state index contributed by atoms with van der Waals surface area (Å²) in [7, 11) is 1.55. The van der Waals surface area contributed by atoms with Crippen molar-refractivity contribution in [2.45, 2.75) is 19.4 Å². The molecule has 0 aliphatic heterocycles. The van der Waals surface area contributed by atoms with Crippen molar-refractivity contribution < 1.29 is 9.59 Å². The van der Waals surface area contributed by atoms with E-state index in [1.807, 2.05) is 6.92 Å². The molecule has 1 atom stereocenters. The van der Waals surface area contributed by atoms with E-state index in [9.17, 15) is 9.59 Å². The molecule has 2 heterocycles. The fourth-order valence-corrected chi connectivity index (χ4v) is 1.82. The van der Waals surface area contributed by atoms with Crippen LogP contribution in [0.4, 0.5) is 0 Å². The topological polar surface area (TPSA) is 75.5 Å². The van der Waals surface area contributed by atoms with Crippen LogP contribution in [0.2, 0.25) is 0 Å². The summed E-state index contributed by atoms with van der Waals surface area (Å²) in [5.41, 5.74) is 1.27. The van der Waals surface area contributed by atoms with E-state index in [4.69, 9.17) is 0 Å². The van der Waals surface area contributed by atoms with Crippen LogP contribution in [0.15, 0.2) is 30.7 Å². The first-order valence-electron chi connectivity index (χ1n) is 6.11. The monoisotopic (exact) mass is 260 g/mol. The number of hydrogen-bond acceptors (Lipinski definition) is 3. The standard InChI is InChI=1S/C13H16N4O2/c1-3-10(13(19)14-2)16-12(18)9-4-5-11-15-6-7-17(11)8-9/h4-8,10H,3H2,1-2H3,(H,14,19)(H,16,18)/t10-/m0/s1. The lowest BCUT2D eigenvalue weighted by atomic mass is 10.2. The Morgan fingerprint density at radius 1 is 1.42 bits per heavy atom. The molecule has 2 aromatic rings. The number of fused-ring (bicyclic) bond motifs is 1. The minimum atomic E-state index is -0.518. The number of carbonyl (C=O) groups is 2. The van der Waals surface area contributed by atoms with E-state index in [0.29, 0.717) is 12.0 Å². The van der Waals surface area contributed by atoms with Crippen LogP contribution in [0.25, 0.3) is 5.65 Å². The Labute approximate surface area is 110 Å². The molecule has 0 bridgehead atoms. The van der Waals surface area contributed by atoms with Gasteiger partial charge < -0.3 is 15.0 Å². The summed E-state index contributed by atoms with van der Waals surface area (Å²) < 4.78 is 1.76. The molecule has 6 heteroatoms. The molecule has 0 fully saturated rings. The fraction of sp³-hybridized carbons (Fsp3) is 0.308. The van der Waals surface area contributed by atoms with E-state index in [1.54, 1.807) is 42.2 Å². The fourth-order valence-electron chi connectivity index (χ4n) is 1.82. The zero-order chi connectivity index (χ0) is 13.8. The quantitative estimate of drug-likeness (QED) is 0.844. The lowest BCUT2D eigenvalue weighted by Gasteiger charge is -2.15. The molecule has 2 rings (SSSR count). The third kappa shape index (κ3) is 2.73. The van der Waals surface area contributed by atoms with Gasteiger partial charge in [0.2, 0.25) is 5.91 Å². The van der Waals surface area contributed by atoms with Crippen molar-refractivity contribution in [3.63, 3.8) is 0 Å². The molecule has 2 N–H and O–H groups in total. The highest BCUT2D eigenvalue weighted by molar-refractivity contribution is 5.97. The highest BCUT2D eigenvalue weighted by Gasteiger charge is 2.18. The van der Waals surface area contributed by atoms with Crippen LogP contribution in [0.3, 0.4) is 0 Å². The van der Waals surface area contributed by atoms with Gasteiger partial charge >= 0.3 is 0 Å². The van der Waals surface area contributed by atoms with E-state index < -0.39 is 6.04 Å². The Bertz CT molecular complexity index is 605. The molecule has 0 aliphatic rings. The maximum Gasteiger partial charge on any atom is 0.253 e. The number of carbonyl (C=O) groups excluding carboxylic acids is 2. The molecule has 19 heavy (non-hydrogen) atoms. The minimum Gasteiger partial charge on any atom is -0.357 e. The van der Waals surface area contributed by atoms with Gasteiger partial charge in [-0.1, -0.05) is 6.92 Å². The first-order chi connectivity index (χ1) is 9.15. The highest BCUT2D eigenvalue weighted by Crippen LogP contribution is 2.05. The van der Waals surface area contributed by atoms with Crippen molar-refractivity contribution in [1.82, 2.24) is 20.0 Å². The van der Waals surface area contributed by atoms with Crippen LogP contribution in [-0.2, 0) is 4.79 Å². The smallest absolute Gasteiger partial charge is 0.253 e. The zero-order valence-corrected chi connectivity index (χ0v) is 10.9. The summed E-state index contributed by atoms with van der Waals surface area (Å²) in [5.74, 6) is -0.467. The Morgan fingerprint density at radius 2 is 2.21 bits per heavy atom. The Balaban J connectivity index is 2.16. The van der Waals surface area contributed by atoms with Gasteiger partial charge in [0.05, 0.1) is 5.56 Å². The third-order valence-electron chi connectivity index (χ3n) is 2.93. The van der Waals surface area contributed by atoms with Gasteiger partial charge in [0.1, 0.15) is 11.7 Å². The summed E-state index contributed by atoms with van der Waals surface area (Å²) in [6.07, 6.45) is 5.66. The second kappa shape index (κ2) is 5.51. The first kappa shape index (κ1) is 13.1. The van der Waals surface area contributed by atoms with Crippen LogP contribution in [-0.4, -0.2) is 34.3 Å². The molecule has 0 unspecified atom stereocenters. The molecule has 0 saturated carbocycles. The SMILES string of the molecule is CC[C@H](NC(=O)c1ccc2nccn2c1)C(=O)NC. The number of pyridine rings is 1. The van der Waals surface area contributed by atoms with Crippen LogP contribution in [0.1, 0.15) is 23.7 Å². The maximum atomic E-state index is 12.1. The largest absolute Gasteiger partial charge is 0.357 e. The van der Waals surface area contributed by atoms with E-state index in [-0.39, 0.29) is 11.8 Å². The summed E-state index contributed by atoms with van der Waals surface area (Å²) in [5, 5.41) is 5.24. The van der Waals surface area contributed by atoms with Crippen LogP contribution in [0, 0.1) is 0 Å². The maximum absolute atomic E-state index is 12.1. The van der Waals surface area contributed by atoms with E-state index in [2.05, 4.69) is 15.6 Å². The van der Waals surface area contributed by atoms with Crippen LogP contribution >= 0.6 is 0 Å². The van der Waals surface area contributed by atoms with Gasteiger partial charge in [0, 0.05) is 25.6 Å². The number of nitrogens with zero attached hydrogens (tertiary/aromatic N) is 2. The Morgan fingerprint density at radius 3 is 2.89 bits per heavy atom. The van der Waals surface area contributed by atoms with Gasteiger partial charge in [-0.2, -0.15) is 0 Å². The van der Waals surface area contributed by atoms with Gasteiger partial charge in [0.15, 0.2) is 0 Å². The molecule has 6 nitrogen and oxygen atoms in total. The molecule has 0 radical (unpaired) electrons. The molecular formula is C13H16N4O2. The first-order valence-corrected chi connectivity index (χ1v) is 6.11. The van der Waals surface area contributed by atoms with Crippen molar-refractivity contribution in [1.29, 1.82) is 0 Å². The molecule has 2 aromatic heterocycles. The highest BCUT2D eigenvalue weighted by atomic mass is 16.2. The second-order valence-electron chi connectivity index (χ2n) is 4.16. The van der Waals surface area contributed by atoms with Gasteiger partial charge in [-0.15, -0.1) is 0 Å². The Hall–Kier alpha value is -2.37. The summed E-state index contributed by atoms with van der Waals surface area (Å²) in [4.78, 5) is 27.7. The number of hydrogen-bond donors (Lipinski definition) is 2. The summed E-state index contributed by atoms with van der Waals surface area (Å²) >= 11 is 0. The number of likely N-dealkylation sites (N-methyl/N-ethyl adjacent to an activating group) is 1. The van der Waals surface area contributed by atoms with Gasteiger partial charge in [-0.05, 0) is 18.6 Å². The summed E-state index contributed by atoms with van der Waals surface area (Å²) in [6, 6.07) is 2.93. The number of amides is 2. The Kier molecular flexibility index (Phi) is 3.79. The van der Waals surface area contributed by atoms with Crippen molar-refractivity contribution in [3.8, 4) is 0 Å². The molecule has 100 valence electrons.